The fraction of sp³-hybridized carbons (Fsp3) is 0.208. The van der Waals surface area contributed by atoms with Crippen molar-refractivity contribution in [1.82, 2.24) is 14.9 Å². The van der Waals surface area contributed by atoms with E-state index in [2.05, 4.69) is 10.3 Å². The number of carboxylic acid groups (broad SMARTS) is 1. The van der Waals surface area contributed by atoms with Crippen LogP contribution in [0.2, 0.25) is 0 Å². The molecule has 3 rings (SSSR count). The van der Waals surface area contributed by atoms with Gasteiger partial charge in [-0.3, -0.25) is 4.79 Å². The maximum Gasteiger partial charge on any atom is 0.326 e. The van der Waals surface area contributed by atoms with Crippen molar-refractivity contribution in [3.05, 3.63) is 89.8 Å². The Labute approximate surface area is 190 Å². The van der Waals surface area contributed by atoms with Gasteiger partial charge < -0.3 is 15.0 Å². The van der Waals surface area contributed by atoms with E-state index in [0.717, 1.165) is 16.7 Å². The minimum atomic E-state index is -1.05. The molecule has 1 amide bonds. The third-order valence-corrected chi connectivity index (χ3v) is 5.50. The number of imidazole rings is 1. The van der Waals surface area contributed by atoms with Gasteiger partial charge in [0.05, 0.1) is 6.33 Å². The highest BCUT2D eigenvalue weighted by atomic mass is 32.2. The van der Waals surface area contributed by atoms with Crippen LogP contribution in [0.4, 0.5) is 4.39 Å². The van der Waals surface area contributed by atoms with E-state index in [9.17, 15) is 19.1 Å². The number of thioether (sulfide) groups is 1. The van der Waals surface area contributed by atoms with Gasteiger partial charge in [-0.2, -0.15) is 11.8 Å². The van der Waals surface area contributed by atoms with Gasteiger partial charge in [0.25, 0.3) is 5.91 Å². The lowest BCUT2D eigenvalue weighted by molar-refractivity contribution is -0.139. The fourth-order valence-corrected chi connectivity index (χ4v) is 3.60. The first-order chi connectivity index (χ1) is 15.5. The average Bonchev–Trinajstić information content (AvgIpc) is 3.30. The van der Waals surface area contributed by atoms with Crippen LogP contribution in [0.15, 0.2) is 67.3 Å². The zero-order valence-electron chi connectivity index (χ0n) is 17.6. The molecule has 1 atom stereocenters. The predicted octanol–water partition coefficient (Wildman–Crippen LogP) is 4.20. The van der Waals surface area contributed by atoms with E-state index in [1.54, 1.807) is 48.9 Å². The molecule has 0 radical (unpaired) electrons. The zero-order chi connectivity index (χ0) is 22.9. The molecule has 8 heteroatoms. The van der Waals surface area contributed by atoms with Crippen molar-refractivity contribution in [2.24, 2.45) is 0 Å². The van der Waals surface area contributed by atoms with Crippen molar-refractivity contribution >= 4 is 35.3 Å². The summed E-state index contributed by atoms with van der Waals surface area (Å²) in [5.41, 5.74) is 3.07. The molecule has 0 fully saturated rings. The fourth-order valence-electron chi connectivity index (χ4n) is 3.13. The molecule has 1 aromatic heterocycles. The molecule has 0 aliphatic carbocycles. The molecule has 0 aliphatic heterocycles. The summed E-state index contributed by atoms with van der Waals surface area (Å²) < 4.78 is 15.3. The Balaban J connectivity index is 1.79. The Kier molecular flexibility index (Phi) is 8.21. The summed E-state index contributed by atoms with van der Waals surface area (Å²) in [6.45, 7) is 0.545. The molecule has 2 N–H and O–H groups in total. The van der Waals surface area contributed by atoms with E-state index in [4.69, 9.17) is 0 Å². The second-order valence-electron chi connectivity index (χ2n) is 7.18. The van der Waals surface area contributed by atoms with Crippen molar-refractivity contribution in [2.45, 2.75) is 19.0 Å². The minimum Gasteiger partial charge on any atom is -0.480 e. The molecule has 2 aromatic carbocycles. The number of rotatable bonds is 10. The van der Waals surface area contributed by atoms with E-state index < -0.39 is 17.9 Å². The summed E-state index contributed by atoms with van der Waals surface area (Å²) in [5.74, 6) is -1.13. The number of hydrogen-bond acceptors (Lipinski definition) is 4. The molecule has 3 aromatic rings. The van der Waals surface area contributed by atoms with Gasteiger partial charge in [0.15, 0.2) is 0 Å². The molecule has 166 valence electrons. The van der Waals surface area contributed by atoms with E-state index in [-0.39, 0.29) is 5.82 Å². The summed E-state index contributed by atoms with van der Waals surface area (Å²) in [4.78, 5) is 27.9. The van der Waals surface area contributed by atoms with Crippen molar-refractivity contribution in [3.8, 4) is 0 Å². The minimum absolute atomic E-state index is 0.303. The Hall–Kier alpha value is -3.39. The van der Waals surface area contributed by atoms with E-state index >= 15 is 0 Å². The number of halogens is 1. The number of aliphatic carboxylic acids is 1. The highest BCUT2D eigenvalue weighted by Crippen LogP contribution is 2.21. The van der Waals surface area contributed by atoms with Crippen LogP contribution >= 0.6 is 11.8 Å². The zero-order valence-corrected chi connectivity index (χ0v) is 18.4. The molecular formula is C24H24FN3O3S. The number of nitrogens with one attached hydrogen (secondary N) is 1. The Morgan fingerprint density at radius 3 is 2.44 bits per heavy atom. The Morgan fingerprint density at radius 1 is 1.16 bits per heavy atom. The quantitative estimate of drug-likeness (QED) is 0.450. The maximum atomic E-state index is 13.4. The number of aromatic nitrogens is 2. The molecule has 0 saturated heterocycles. The van der Waals surface area contributed by atoms with Gasteiger partial charge in [-0.1, -0.05) is 24.3 Å². The third-order valence-electron chi connectivity index (χ3n) is 4.85. The Morgan fingerprint density at radius 2 is 1.84 bits per heavy atom. The first-order valence-electron chi connectivity index (χ1n) is 10.0. The molecule has 0 spiro atoms. The van der Waals surface area contributed by atoms with Gasteiger partial charge in [-0.25, -0.2) is 14.2 Å². The smallest absolute Gasteiger partial charge is 0.326 e. The average molecular weight is 454 g/mol. The molecular weight excluding hydrogens is 429 g/mol. The van der Waals surface area contributed by atoms with Crippen LogP contribution < -0.4 is 5.32 Å². The van der Waals surface area contributed by atoms with E-state index in [1.807, 2.05) is 23.1 Å². The molecule has 0 bridgehead atoms. The van der Waals surface area contributed by atoms with Crippen LogP contribution in [-0.4, -0.2) is 44.6 Å². The standard InChI is InChI=1S/C24H24FN3O3S/c1-32-13-10-22(24(30)31)27-23(29)19-4-2-17(3-5-19)14-20(15-28-12-11-26-16-28)18-6-8-21(25)9-7-18/h2-9,11-12,14,16,22H,10,13,15H2,1H3,(H,27,29)(H,30,31). The van der Waals surface area contributed by atoms with Crippen LogP contribution in [-0.2, 0) is 11.3 Å². The molecule has 1 unspecified atom stereocenters. The molecule has 0 aliphatic rings. The number of carbonyl (C=O) groups excluding carboxylic acids is 1. The molecule has 32 heavy (non-hydrogen) atoms. The van der Waals surface area contributed by atoms with Gasteiger partial charge in [0.1, 0.15) is 11.9 Å². The lowest BCUT2D eigenvalue weighted by Crippen LogP contribution is -2.41. The Bertz CT molecular complexity index is 1060. The van der Waals surface area contributed by atoms with Crippen LogP contribution in [0.5, 0.6) is 0 Å². The van der Waals surface area contributed by atoms with E-state index in [1.165, 1.54) is 23.9 Å². The van der Waals surface area contributed by atoms with Crippen molar-refractivity contribution in [2.75, 3.05) is 12.0 Å². The van der Waals surface area contributed by atoms with Crippen LogP contribution in [0, 0.1) is 5.82 Å². The number of carbonyl (C=O) groups is 2. The summed E-state index contributed by atoms with van der Waals surface area (Å²) in [5, 5.41) is 11.9. The summed E-state index contributed by atoms with van der Waals surface area (Å²) in [7, 11) is 0. The summed E-state index contributed by atoms with van der Waals surface area (Å²) >= 11 is 1.53. The van der Waals surface area contributed by atoms with Gasteiger partial charge in [0.2, 0.25) is 0 Å². The number of hydrogen-bond donors (Lipinski definition) is 2. The first kappa shape index (κ1) is 23.3. The lowest BCUT2D eigenvalue weighted by Gasteiger charge is -2.14. The SMILES string of the molecule is CSCCC(NC(=O)c1ccc(C=C(Cn2ccnc2)c2ccc(F)cc2)cc1)C(=O)O. The summed E-state index contributed by atoms with van der Waals surface area (Å²) in [6, 6.07) is 12.3. The predicted molar refractivity (Wildman–Crippen MR) is 125 cm³/mol. The number of nitrogens with zero attached hydrogens (tertiary/aromatic N) is 2. The third kappa shape index (κ3) is 6.55. The number of allylic oxidation sites excluding steroid dienone is 1. The highest BCUT2D eigenvalue weighted by Gasteiger charge is 2.20. The second-order valence-corrected chi connectivity index (χ2v) is 8.16. The van der Waals surface area contributed by atoms with Crippen LogP contribution in [0.3, 0.4) is 0 Å². The molecule has 0 saturated carbocycles. The normalized spacial score (nSPS) is 12.4. The number of amides is 1. The maximum absolute atomic E-state index is 13.4. The highest BCUT2D eigenvalue weighted by molar-refractivity contribution is 7.98. The van der Waals surface area contributed by atoms with Gasteiger partial charge >= 0.3 is 5.97 Å². The largest absolute Gasteiger partial charge is 0.480 e. The number of carboxylic acids is 1. The molecule has 6 nitrogen and oxygen atoms in total. The molecule has 1 heterocycles. The van der Waals surface area contributed by atoms with Gasteiger partial charge in [-0.05, 0) is 65.5 Å². The van der Waals surface area contributed by atoms with Gasteiger partial charge in [-0.15, -0.1) is 0 Å². The second kappa shape index (κ2) is 11.3. The van der Waals surface area contributed by atoms with Crippen molar-refractivity contribution < 1.29 is 19.1 Å². The van der Waals surface area contributed by atoms with Gasteiger partial charge in [0, 0.05) is 24.5 Å². The van der Waals surface area contributed by atoms with Crippen molar-refractivity contribution in [1.29, 1.82) is 0 Å². The topological polar surface area (TPSA) is 84.2 Å². The summed E-state index contributed by atoms with van der Waals surface area (Å²) in [6.07, 6.45) is 9.46. The van der Waals surface area contributed by atoms with Crippen LogP contribution in [0.25, 0.3) is 11.6 Å². The van der Waals surface area contributed by atoms with Crippen LogP contribution in [0.1, 0.15) is 27.9 Å². The monoisotopic (exact) mass is 453 g/mol. The first-order valence-corrected chi connectivity index (χ1v) is 11.4. The van der Waals surface area contributed by atoms with Crippen molar-refractivity contribution in [3.63, 3.8) is 0 Å². The van der Waals surface area contributed by atoms with E-state index in [0.29, 0.717) is 24.3 Å². The number of benzene rings is 2. The lowest BCUT2D eigenvalue weighted by atomic mass is 10.0.